The van der Waals surface area contributed by atoms with Crippen LogP contribution in [0.15, 0.2) is 79.0 Å². The van der Waals surface area contributed by atoms with Crippen molar-refractivity contribution in [2.45, 2.75) is 56.3 Å². The van der Waals surface area contributed by atoms with Crippen molar-refractivity contribution in [3.05, 3.63) is 113 Å². The van der Waals surface area contributed by atoms with Gasteiger partial charge in [0.1, 0.15) is 23.9 Å². The fourth-order valence-electron chi connectivity index (χ4n) is 6.31. The van der Waals surface area contributed by atoms with E-state index in [1.165, 1.54) is 0 Å². The molecule has 41 heavy (non-hydrogen) atoms. The Morgan fingerprint density at radius 2 is 1.56 bits per heavy atom. The highest BCUT2D eigenvalue weighted by Crippen LogP contribution is 2.48. The number of hydrogen-bond acceptors (Lipinski definition) is 5. The predicted molar refractivity (Wildman–Crippen MR) is 149 cm³/mol. The number of benzene rings is 2. The van der Waals surface area contributed by atoms with Crippen LogP contribution in [0.5, 0.6) is 0 Å². The van der Waals surface area contributed by atoms with E-state index in [2.05, 4.69) is 9.88 Å². The molecule has 212 valence electrons. The van der Waals surface area contributed by atoms with Gasteiger partial charge in [0.2, 0.25) is 0 Å². The molecule has 2 aliphatic rings. The van der Waals surface area contributed by atoms with E-state index in [0.29, 0.717) is 31.6 Å². The Morgan fingerprint density at radius 1 is 0.951 bits per heavy atom. The first-order chi connectivity index (χ1) is 19.7. The zero-order chi connectivity index (χ0) is 28.7. The number of aliphatic hydroxyl groups excluding tert-OH is 1. The quantitative estimate of drug-likeness (QED) is 0.337. The molecule has 1 aliphatic heterocycles. The third-order valence-corrected chi connectivity index (χ3v) is 8.31. The zero-order valence-electron chi connectivity index (χ0n) is 22.6. The molecular weight excluding hydrogens is 529 g/mol. The van der Waals surface area contributed by atoms with Crippen LogP contribution in [0.2, 0.25) is 0 Å². The first-order valence-electron chi connectivity index (χ1n) is 13.9. The number of rotatable bonds is 5. The second-order valence-corrected chi connectivity index (χ2v) is 11.0. The highest BCUT2D eigenvalue weighted by atomic mass is 19.4. The van der Waals surface area contributed by atoms with E-state index in [1.54, 1.807) is 10.9 Å². The van der Waals surface area contributed by atoms with Crippen molar-refractivity contribution in [2.75, 3.05) is 18.0 Å². The summed E-state index contributed by atoms with van der Waals surface area (Å²) in [5, 5.41) is 15.6. The summed E-state index contributed by atoms with van der Waals surface area (Å²) in [5.74, 6) is -2.57. The monoisotopic (exact) mass is 560 g/mol. The van der Waals surface area contributed by atoms with Gasteiger partial charge in [0, 0.05) is 30.8 Å². The molecular formula is C32H31F3N4O2. The average Bonchev–Trinajstić information content (AvgIpc) is 3.32. The number of fused-ring (bicyclic) bond motifs is 1. The van der Waals surface area contributed by atoms with Crippen molar-refractivity contribution in [3.63, 3.8) is 0 Å². The Balaban J connectivity index is 1.48. The third-order valence-electron chi connectivity index (χ3n) is 8.31. The predicted octanol–water partition coefficient (Wildman–Crippen LogP) is 5.74. The number of carbonyl (C=O) groups is 1. The van der Waals surface area contributed by atoms with Gasteiger partial charge in [0.05, 0.1) is 17.8 Å². The van der Waals surface area contributed by atoms with Crippen LogP contribution in [0, 0.1) is 6.92 Å². The molecule has 1 saturated heterocycles. The number of nitrogens with zero attached hydrogens (tertiary/aromatic N) is 4. The molecule has 2 atom stereocenters. The second-order valence-electron chi connectivity index (χ2n) is 11.0. The molecule has 4 aromatic rings. The number of hydrogen-bond donors (Lipinski definition) is 1. The highest BCUT2D eigenvalue weighted by Gasteiger charge is 2.54. The summed E-state index contributed by atoms with van der Waals surface area (Å²) in [5.41, 5.74) is 3.31. The van der Waals surface area contributed by atoms with E-state index in [9.17, 15) is 23.1 Å². The number of ketones is 1. The Labute approximate surface area is 236 Å². The molecule has 2 aromatic carbocycles. The number of aliphatic hydroxyl groups is 1. The van der Waals surface area contributed by atoms with Crippen molar-refractivity contribution in [1.82, 2.24) is 14.8 Å². The van der Waals surface area contributed by atoms with Crippen LogP contribution in [0.1, 0.15) is 64.4 Å². The van der Waals surface area contributed by atoms with E-state index in [4.69, 9.17) is 5.10 Å². The number of anilines is 1. The number of aryl methyl sites for hydroxylation is 1. The molecule has 6 nitrogen and oxygen atoms in total. The molecule has 0 unspecified atom stereocenters. The van der Waals surface area contributed by atoms with Gasteiger partial charge in [-0.05, 0) is 48.6 Å². The van der Waals surface area contributed by atoms with Crippen LogP contribution in [-0.2, 0) is 11.2 Å². The highest BCUT2D eigenvalue weighted by molar-refractivity contribution is 5.88. The molecule has 3 heterocycles. The van der Waals surface area contributed by atoms with Crippen molar-refractivity contribution in [2.24, 2.45) is 0 Å². The normalized spacial score (nSPS) is 20.0. The minimum absolute atomic E-state index is 0.0337. The maximum absolute atomic E-state index is 14.6. The molecule has 1 fully saturated rings. The van der Waals surface area contributed by atoms with Crippen molar-refractivity contribution in [1.29, 1.82) is 0 Å². The number of Topliss-reactive ketones (excluding diaryl/α,β-unsaturated/α-hetero) is 1. The van der Waals surface area contributed by atoms with Gasteiger partial charge in [-0.2, -0.15) is 18.3 Å². The Morgan fingerprint density at radius 3 is 2.12 bits per heavy atom. The smallest absolute Gasteiger partial charge is 0.384 e. The van der Waals surface area contributed by atoms with Crippen molar-refractivity contribution in [3.8, 4) is 0 Å². The molecule has 6 rings (SSSR count). The van der Waals surface area contributed by atoms with Gasteiger partial charge in [0.15, 0.2) is 5.78 Å². The van der Waals surface area contributed by atoms with Gasteiger partial charge in [-0.25, -0.2) is 4.98 Å². The van der Waals surface area contributed by atoms with Gasteiger partial charge in [-0.15, -0.1) is 0 Å². The minimum Gasteiger partial charge on any atom is -0.384 e. The summed E-state index contributed by atoms with van der Waals surface area (Å²) >= 11 is 0. The third kappa shape index (κ3) is 5.14. The molecule has 1 N–H and O–H groups in total. The Kier molecular flexibility index (Phi) is 7.15. The van der Waals surface area contributed by atoms with Gasteiger partial charge in [-0.1, -0.05) is 60.7 Å². The molecule has 1 aliphatic carbocycles. The van der Waals surface area contributed by atoms with E-state index >= 15 is 0 Å². The van der Waals surface area contributed by atoms with Gasteiger partial charge < -0.3 is 10.0 Å². The molecule has 0 spiro atoms. The van der Waals surface area contributed by atoms with Crippen LogP contribution in [0.4, 0.5) is 19.0 Å². The van der Waals surface area contributed by atoms with Crippen LogP contribution >= 0.6 is 0 Å². The van der Waals surface area contributed by atoms with Gasteiger partial charge in [-0.3, -0.25) is 9.48 Å². The first-order valence-corrected chi connectivity index (χ1v) is 13.9. The largest absolute Gasteiger partial charge is 0.398 e. The lowest BCUT2D eigenvalue weighted by Gasteiger charge is -2.34. The SMILES string of the molecule is Cc1ccnc(N2CCC(c3nn(C(c4ccccc4)c4ccccc4)c4c3[C@@H](C(F)(F)F)[C@@H](O)C(=O)C4)CC2)c1. The standard InChI is InChI=1S/C32H31F3N4O2/c1-20-12-15-36-26(18-20)38-16-13-21(14-17-38)29-27-24(19-25(40)31(41)28(27)32(33,34)35)39(37-29)30(22-8-4-2-5-9-22)23-10-6-3-7-11-23/h2-12,15,18,21,28,30-31,41H,13-14,16-17,19H2,1H3/t28-,31+/m1/s1. The summed E-state index contributed by atoms with van der Waals surface area (Å²) in [7, 11) is 0. The van der Waals surface area contributed by atoms with Crippen LogP contribution in [0.3, 0.4) is 0 Å². The topological polar surface area (TPSA) is 71.2 Å². The van der Waals surface area contributed by atoms with Crippen molar-refractivity contribution >= 4 is 11.6 Å². The Bertz CT molecular complexity index is 1490. The van der Waals surface area contributed by atoms with Gasteiger partial charge >= 0.3 is 6.18 Å². The molecule has 9 heteroatoms. The summed E-state index contributed by atoms with van der Waals surface area (Å²) in [6, 6.07) is 22.3. The summed E-state index contributed by atoms with van der Waals surface area (Å²) < 4.78 is 45.4. The fraction of sp³-hybridized carbons (Fsp3) is 0.344. The number of halogens is 3. The second kappa shape index (κ2) is 10.8. The summed E-state index contributed by atoms with van der Waals surface area (Å²) in [6.45, 7) is 3.22. The molecule has 0 saturated carbocycles. The van der Waals surface area contributed by atoms with E-state index in [0.717, 1.165) is 22.5 Å². The Hall–Kier alpha value is -3.98. The molecule has 0 amide bonds. The maximum atomic E-state index is 14.6. The number of pyridine rings is 1. The summed E-state index contributed by atoms with van der Waals surface area (Å²) in [6.07, 6.45) is -4.35. The lowest BCUT2D eigenvalue weighted by Crippen LogP contribution is -2.43. The number of alkyl halides is 3. The van der Waals surface area contributed by atoms with Crippen molar-refractivity contribution < 1.29 is 23.1 Å². The lowest BCUT2D eigenvalue weighted by molar-refractivity contribution is -0.179. The maximum Gasteiger partial charge on any atom is 0.398 e. The van der Waals surface area contributed by atoms with E-state index in [-0.39, 0.29) is 23.6 Å². The molecule has 0 radical (unpaired) electrons. The zero-order valence-corrected chi connectivity index (χ0v) is 22.6. The minimum atomic E-state index is -4.81. The van der Waals surface area contributed by atoms with Crippen LogP contribution in [0.25, 0.3) is 0 Å². The molecule has 0 bridgehead atoms. The van der Waals surface area contributed by atoms with Gasteiger partial charge in [0.25, 0.3) is 0 Å². The van der Waals surface area contributed by atoms with Crippen LogP contribution < -0.4 is 4.90 Å². The number of piperidine rings is 1. The molecule has 2 aromatic heterocycles. The average molecular weight is 561 g/mol. The summed E-state index contributed by atoms with van der Waals surface area (Å²) in [4.78, 5) is 19.5. The van der Waals surface area contributed by atoms with E-state index in [1.807, 2.05) is 79.7 Å². The number of aromatic nitrogens is 3. The van der Waals surface area contributed by atoms with Crippen LogP contribution in [-0.4, -0.2) is 51.0 Å². The lowest BCUT2D eigenvalue weighted by atomic mass is 9.78. The fourth-order valence-corrected chi connectivity index (χ4v) is 6.31. The first kappa shape index (κ1) is 27.2. The number of carbonyl (C=O) groups excluding carboxylic acids is 1. The van der Waals surface area contributed by atoms with E-state index < -0.39 is 30.0 Å².